The van der Waals surface area contributed by atoms with Gasteiger partial charge in [-0.15, -0.1) is 0 Å². The minimum Gasteiger partial charge on any atom is -0.375 e. The SMILES string of the molecule is Cc1ccc(C(Br)C2C(C)OC(C)C2C)cc1C. The summed E-state index contributed by atoms with van der Waals surface area (Å²) < 4.78 is 5.95. The maximum absolute atomic E-state index is 5.95. The highest BCUT2D eigenvalue weighted by Crippen LogP contribution is 2.45. The molecule has 0 spiro atoms. The van der Waals surface area contributed by atoms with E-state index in [4.69, 9.17) is 4.74 Å². The molecule has 2 heteroatoms. The first-order chi connectivity index (χ1) is 8.41. The molecule has 1 heterocycles. The smallest absolute Gasteiger partial charge is 0.0596 e. The number of aryl methyl sites for hydroxylation is 2. The van der Waals surface area contributed by atoms with Crippen LogP contribution in [-0.4, -0.2) is 12.2 Å². The number of halogens is 1. The van der Waals surface area contributed by atoms with E-state index in [0.29, 0.717) is 28.9 Å². The van der Waals surface area contributed by atoms with E-state index in [1.54, 1.807) is 0 Å². The van der Waals surface area contributed by atoms with Crippen molar-refractivity contribution in [2.75, 3.05) is 0 Å². The predicted octanol–water partition coefficient (Wildman–Crippen LogP) is 4.80. The van der Waals surface area contributed by atoms with Crippen molar-refractivity contribution in [3.8, 4) is 0 Å². The van der Waals surface area contributed by atoms with Crippen molar-refractivity contribution in [3.63, 3.8) is 0 Å². The van der Waals surface area contributed by atoms with Crippen LogP contribution in [-0.2, 0) is 4.74 Å². The molecule has 0 aromatic heterocycles. The standard InChI is InChI=1S/C16H23BrO/c1-9-6-7-14(8-10(9)2)16(17)15-11(3)12(4)18-13(15)5/h6-8,11-13,15-16H,1-5H3. The Balaban J connectivity index is 2.25. The summed E-state index contributed by atoms with van der Waals surface area (Å²) in [6.45, 7) is 11.0. The van der Waals surface area contributed by atoms with Crippen molar-refractivity contribution in [2.45, 2.75) is 51.7 Å². The zero-order valence-electron chi connectivity index (χ0n) is 11.9. The third-order valence-electron chi connectivity index (χ3n) is 4.51. The molecular weight excluding hydrogens is 288 g/mol. The van der Waals surface area contributed by atoms with Crippen LogP contribution in [0.15, 0.2) is 18.2 Å². The number of ether oxygens (including phenoxy) is 1. The van der Waals surface area contributed by atoms with Gasteiger partial charge in [-0.1, -0.05) is 41.1 Å². The molecule has 0 aliphatic carbocycles. The summed E-state index contributed by atoms with van der Waals surface area (Å²) in [6.07, 6.45) is 0.678. The summed E-state index contributed by atoms with van der Waals surface area (Å²) in [6, 6.07) is 6.76. The highest BCUT2D eigenvalue weighted by molar-refractivity contribution is 9.09. The van der Waals surface area contributed by atoms with Gasteiger partial charge < -0.3 is 4.74 Å². The van der Waals surface area contributed by atoms with E-state index in [1.807, 2.05) is 0 Å². The predicted molar refractivity (Wildman–Crippen MR) is 80.2 cm³/mol. The molecule has 0 bridgehead atoms. The fraction of sp³-hybridized carbons (Fsp3) is 0.625. The van der Waals surface area contributed by atoms with Gasteiger partial charge in [0, 0.05) is 10.7 Å². The summed E-state index contributed by atoms with van der Waals surface area (Å²) in [7, 11) is 0. The summed E-state index contributed by atoms with van der Waals surface area (Å²) in [5.41, 5.74) is 4.10. The lowest BCUT2D eigenvalue weighted by molar-refractivity contribution is 0.0511. The molecule has 0 saturated carbocycles. The number of hydrogen-bond donors (Lipinski definition) is 0. The second-order valence-electron chi connectivity index (χ2n) is 5.73. The molecule has 1 aromatic carbocycles. The second kappa shape index (κ2) is 5.34. The lowest BCUT2D eigenvalue weighted by Gasteiger charge is -2.25. The van der Waals surface area contributed by atoms with Crippen molar-refractivity contribution in [1.82, 2.24) is 0 Å². The van der Waals surface area contributed by atoms with Crippen molar-refractivity contribution in [3.05, 3.63) is 34.9 Å². The molecule has 1 fully saturated rings. The van der Waals surface area contributed by atoms with Gasteiger partial charge in [-0.05, 0) is 50.3 Å². The Labute approximate surface area is 119 Å². The fourth-order valence-electron chi connectivity index (χ4n) is 2.96. The van der Waals surface area contributed by atoms with Crippen molar-refractivity contribution < 1.29 is 4.74 Å². The highest BCUT2D eigenvalue weighted by Gasteiger charge is 2.41. The summed E-state index contributed by atoms with van der Waals surface area (Å²) in [4.78, 5) is 0.381. The first kappa shape index (κ1) is 14.1. The van der Waals surface area contributed by atoms with Gasteiger partial charge in [0.1, 0.15) is 0 Å². The Morgan fingerprint density at radius 2 is 1.72 bits per heavy atom. The average molecular weight is 311 g/mol. The summed E-state index contributed by atoms with van der Waals surface area (Å²) in [5, 5.41) is 0. The van der Waals surface area contributed by atoms with E-state index in [-0.39, 0.29) is 0 Å². The van der Waals surface area contributed by atoms with Crippen LogP contribution >= 0.6 is 15.9 Å². The fourth-order valence-corrected chi connectivity index (χ4v) is 4.15. The molecule has 0 radical (unpaired) electrons. The average Bonchev–Trinajstić information content (AvgIpc) is 2.56. The van der Waals surface area contributed by atoms with Crippen LogP contribution in [0.4, 0.5) is 0 Å². The first-order valence-electron chi connectivity index (χ1n) is 6.78. The van der Waals surface area contributed by atoms with Crippen LogP contribution < -0.4 is 0 Å². The Kier molecular flexibility index (Phi) is 4.18. The molecule has 1 saturated heterocycles. The Morgan fingerprint density at radius 3 is 2.22 bits per heavy atom. The molecule has 100 valence electrons. The lowest BCUT2D eigenvalue weighted by Crippen LogP contribution is -2.22. The number of benzene rings is 1. The zero-order valence-corrected chi connectivity index (χ0v) is 13.5. The largest absolute Gasteiger partial charge is 0.375 e. The molecule has 2 rings (SSSR count). The number of hydrogen-bond acceptors (Lipinski definition) is 1. The van der Waals surface area contributed by atoms with Gasteiger partial charge in [-0.25, -0.2) is 0 Å². The monoisotopic (exact) mass is 310 g/mol. The third-order valence-corrected chi connectivity index (χ3v) is 5.65. The van der Waals surface area contributed by atoms with Crippen LogP contribution in [0.2, 0.25) is 0 Å². The van der Waals surface area contributed by atoms with Crippen molar-refractivity contribution in [2.24, 2.45) is 11.8 Å². The van der Waals surface area contributed by atoms with Crippen molar-refractivity contribution in [1.29, 1.82) is 0 Å². The van der Waals surface area contributed by atoms with E-state index < -0.39 is 0 Å². The maximum atomic E-state index is 5.95. The van der Waals surface area contributed by atoms with Crippen LogP contribution in [0.3, 0.4) is 0 Å². The third kappa shape index (κ3) is 2.50. The molecule has 1 aliphatic rings. The molecule has 5 atom stereocenters. The van der Waals surface area contributed by atoms with Crippen LogP contribution in [0.25, 0.3) is 0 Å². The van der Waals surface area contributed by atoms with Crippen molar-refractivity contribution >= 4 is 15.9 Å². The normalized spacial score (nSPS) is 33.7. The highest BCUT2D eigenvalue weighted by atomic mass is 79.9. The van der Waals surface area contributed by atoms with Gasteiger partial charge in [0.25, 0.3) is 0 Å². The molecule has 1 nitrogen and oxygen atoms in total. The van der Waals surface area contributed by atoms with Gasteiger partial charge in [0.15, 0.2) is 0 Å². The second-order valence-corrected chi connectivity index (χ2v) is 6.71. The molecule has 0 amide bonds. The van der Waals surface area contributed by atoms with Gasteiger partial charge in [0.05, 0.1) is 12.2 Å². The Bertz CT molecular complexity index is 429. The quantitative estimate of drug-likeness (QED) is 0.713. The van der Waals surface area contributed by atoms with E-state index in [0.717, 1.165) is 0 Å². The van der Waals surface area contributed by atoms with Gasteiger partial charge in [-0.3, -0.25) is 0 Å². The molecular formula is C16H23BrO. The minimum absolute atomic E-state index is 0.320. The zero-order chi connectivity index (χ0) is 13.4. The molecule has 0 N–H and O–H groups in total. The van der Waals surface area contributed by atoms with Crippen LogP contribution in [0, 0.1) is 25.7 Å². The summed E-state index contributed by atoms with van der Waals surface area (Å²) in [5.74, 6) is 1.13. The number of alkyl halides is 1. The van der Waals surface area contributed by atoms with Crippen LogP contribution in [0.1, 0.15) is 42.3 Å². The van der Waals surface area contributed by atoms with E-state index in [9.17, 15) is 0 Å². The molecule has 1 aromatic rings. The number of rotatable bonds is 2. The van der Waals surface area contributed by atoms with Gasteiger partial charge >= 0.3 is 0 Å². The Morgan fingerprint density at radius 1 is 1.06 bits per heavy atom. The molecule has 1 aliphatic heterocycles. The lowest BCUT2D eigenvalue weighted by atomic mass is 9.84. The van der Waals surface area contributed by atoms with Gasteiger partial charge in [0.2, 0.25) is 0 Å². The Hall–Kier alpha value is -0.340. The maximum Gasteiger partial charge on any atom is 0.0596 e. The van der Waals surface area contributed by atoms with E-state index >= 15 is 0 Å². The van der Waals surface area contributed by atoms with Gasteiger partial charge in [-0.2, -0.15) is 0 Å². The minimum atomic E-state index is 0.320. The first-order valence-corrected chi connectivity index (χ1v) is 7.70. The summed E-state index contributed by atoms with van der Waals surface area (Å²) >= 11 is 3.90. The van der Waals surface area contributed by atoms with E-state index in [1.165, 1.54) is 16.7 Å². The molecule has 5 unspecified atom stereocenters. The topological polar surface area (TPSA) is 9.23 Å². The molecule has 18 heavy (non-hydrogen) atoms. The van der Waals surface area contributed by atoms with Crippen LogP contribution in [0.5, 0.6) is 0 Å². The van der Waals surface area contributed by atoms with E-state index in [2.05, 4.69) is 68.7 Å².